The molecule has 21 heavy (non-hydrogen) atoms. The zero-order valence-corrected chi connectivity index (χ0v) is 13.3. The minimum Gasteiger partial charge on any atom is -0.370 e. The summed E-state index contributed by atoms with van der Waals surface area (Å²) in [7, 11) is 2.11. The lowest BCUT2D eigenvalue weighted by Gasteiger charge is -2.27. The summed E-state index contributed by atoms with van der Waals surface area (Å²) in [5.41, 5.74) is 3.47. The van der Waals surface area contributed by atoms with Crippen LogP contribution in [0.15, 0.2) is 36.5 Å². The van der Waals surface area contributed by atoms with Crippen molar-refractivity contribution in [3.05, 3.63) is 47.8 Å². The van der Waals surface area contributed by atoms with Gasteiger partial charge in [0, 0.05) is 37.2 Å². The highest BCUT2D eigenvalue weighted by atomic mass is 15.2. The molecule has 1 atom stereocenters. The number of hydrogen-bond acceptors (Lipinski definition) is 4. The fourth-order valence-electron chi connectivity index (χ4n) is 2.21. The van der Waals surface area contributed by atoms with Gasteiger partial charge < -0.3 is 10.2 Å². The molecule has 2 rings (SSSR count). The molecule has 0 bridgehead atoms. The third-order valence-electron chi connectivity index (χ3n) is 3.79. The first-order valence-electron chi connectivity index (χ1n) is 7.46. The summed E-state index contributed by atoms with van der Waals surface area (Å²) in [4.78, 5) is 11.2. The van der Waals surface area contributed by atoms with Crippen LogP contribution < -0.4 is 10.2 Å². The summed E-state index contributed by atoms with van der Waals surface area (Å²) in [5, 5.41) is 3.33. The van der Waals surface area contributed by atoms with E-state index in [9.17, 15) is 0 Å². The number of anilines is 2. The van der Waals surface area contributed by atoms with Crippen LogP contribution in [0.4, 0.5) is 11.6 Å². The van der Waals surface area contributed by atoms with E-state index in [0.717, 1.165) is 24.2 Å². The van der Waals surface area contributed by atoms with Gasteiger partial charge in [0.05, 0.1) is 0 Å². The Morgan fingerprint density at radius 2 is 1.95 bits per heavy atom. The third-order valence-corrected chi connectivity index (χ3v) is 3.79. The quantitative estimate of drug-likeness (QED) is 0.884. The lowest BCUT2D eigenvalue weighted by molar-refractivity contribution is 0.711. The van der Waals surface area contributed by atoms with Gasteiger partial charge in [-0.15, -0.1) is 0 Å². The van der Waals surface area contributed by atoms with E-state index < -0.39 is 0 Å². The lowest BCUT2D eigenvalue weighted by Crippen LogP contribution is -2.35. The van der Waals surface area contributed by atoms with E-state index in [1.165, 1.54) is 5.69 Å². The van der Waals surface area contributed by atoms with Crippen molar-refractivity contribution in [2.24, 2.45) is 0 Å². The molecule has 1 aromatic carbocycles. The van der Waals surface area contributed by atoms with Gasteiger partial charge in [-0.2, -0.15) is 0 Å². The topological polar surface area (TPSA) is 41.1 Å². The van der Waals surface area contributed by atoms with Crippen molar-refractivity contribution in [1.29, 1.82) is 0 Å². The number of likely N-dealkylation sites (N-methyl/N-ethyl adjacent to an activating group) is 1. The van der Waals surface area contributed by atoms with Gasteiger partial charge in [0.25, 0.3) is 0 Å². The van der Waals surface area contributed by atoms with Gasteiger partial charge in [0.15, 0.2) is 0 Å². The van der Waals surface area contributed by atoms with Crippen molar-refractivity contribution >= 4 is 11.6 Å². The van der Waals surface area contributed by atoms with Crippen molar-refractivity contribution < 1.29 is 0 Å². The Labute approximate surface area is 127 Å². The van der Waals surface area contributed by atoms with Crippen molar-refractivity contribution in [1.82, 2.24) is 9.97 Å². The molecule has 4 nitrogen and oxygen atoms in total. The first kappa shape index (κ1) is 15.3. The van der Waals surface area contributed by atoms with E-state index in [1.54, 1.807) is 0 Å². The lowest BCUT2D eigenvalue weighted by atomic mass is 10.2. The van der Waals surface area contributed by atoms with Crippen LogP contribution in [0.1, 0.15) is 25.1 Å². The van der Waals surface area contributed by atoms with Crippen LogP contribution in [0.3, 0.4) is 0 Å². The number of para-hydroxylation sites is 1. The van der Waals surface area contributed by atoms with Crippen LogP contribution in [0.2, 0.25) is 0 Å². The highest BCUT2D eigenvalue weighted by Crippen LogP contribution is 2.14. The Morgan fingerprint density at radius 3 is 2.62 bits per heavy atom. The maximum Gasteiger partial charge on any atom is 0.222 e. The molecular formula is C17H24N4. The third kappa shape index (κ3) is 3.94. The largest absolute Gasteiger partial charge is 0.370 e. The van der Waals surface area contributed by atoms with Gasteiger partial charge >= 0.3 is 0 Å². The molecule has 2 aromatic rings. The number of aryl methyl sites for hydroxylation is 2. The monoisotopic (exact) mass is 284 g/mol. The fourth-order valence-corrected chi connectivity index (χ4v) is 2.21. The molecule has 0 saturated heterocycles. The molecule has 0 aliphatic carbocycles. The normalized spacial score (nSPS) is 12.0. The molecule has 0 spiro atoms. The molecule has 4 heteroatoms. The highest BCUT2D eigenvalue weighted by Gasteiger charge is 2.10. The van der Waals surface area contributed by atoms with Gasteiger partial charge in [-0.3, -0.25) is 0 Å². The smallest absolute Gasteiger partial charge is 0.222 e. The Kier molecular flexibility index (Phi) is 5.14. The Hall–Kier alpha value is -2.10. The Morgan fingerprint density at radius 1 is 1.24 bits per heavy atom. The molecule has 1 unspecified atom stereocenters. The molecule has 0 fully saturated rings. The van der Waals surface area contributed by atoms with Crippen LogP contribution in [-0.4, -0.2) is 29.6 Å². The molecule has 1 aromatic heterocycles. The molecule has 0 aliphatic heterocycles. The molecule has 112 valence electrons. The molecule has 0 aliphatic rings. The maximum atomic E-state index is 4.55. The number of rotatable bonds is 6. The second-order valence-electron chi connectivity index (χ2n) is 5.35. The van der Waals surface area contributed by atoms with Crippen LogP contribution in [-0.2, 0) is 6.42 Å². The van der Waals surface area contributed by atoms with Crippen molar-refractivity contribution in [3.63, 3.8) is 0 Å². The van der Waals surface area contributed by atoms with Gasteiger partial charge in [0.2, 0.25) is 5.95 Å². The maximum absolute atomic E-state index is 4.55. The highest BCUT2D eigenvalue weighted by molar-refractivity contribution is 5.46. The van der Waals surface area contributed by atoms with Crippen molar-refractivity contribution in [2.45, 2.75) is 33.2 Å². The first-order chi connectivity index (χ1) is 10.1. The van der Waals surface area contributed by atoms with E-state index in [4.69, 9.17) is 0 Å². The zero-order chi connectivity index (χ0) is 15.2. The SMILES string of the molecule is CCc1nc(NCC(C)N(C)c2ccccc2)ncc1C. The average Bonchev–Trinajstić information content (AvgIpc) is 2.53. The predicted molar refractivity (Wildman–Crippen MR) is 88.9 cm³/mol. The van der Waals surface area contributed by atoms with Crippen LogP contribution in [0, 0.1) is 6.92 Å². The Balaban J connectivity index is 1.96. The van der Waals surface area contributed by atoms with E-state index in [-0.39, 0.29) is 0 Å². The van der Waals surface area contributed by atoms with Gasteiger partial charge in [-0.25, -0.2) is 9.97 Å². The predicted octanol–water partition coefficient (Wildman–Crippen LogP) is 3.28. The van der Waals surface area contributed by atoms with Gasteiger partial charge in [-0.05, 0) is 38.0 Å². The zero-order valence-electron chi connectivity index (χ0n) is 13.3. The van der Waals surface area contributed by atoms with Gasteiger partial charge in [0.1, 0.15) is 0 Å². The van der Waals surface area contributed by atoms with Crippen LogP contribution in [0.5, 0.6) is 0 Å². The van der Waals surface area contributed by atoms with Crippen LogP contribution in [0.25, 0.3) is 0 Å². The van der Waals surface area contributed by atoms with Crippen molar-refractivity contribution in [2.75, 3.05) is 23.8 Å². The summed E-state index contributed by atoms with van der Waals surface area (Å²) >= 11 is 0. The number of aromatic nitrogens is 2. The summed E-state index contributed by atoms with van der Waals surface area (Å²) < 4.78 is 0. The number of nitrogens with one attached hydrogen (secondary N) is 1. The van der Waals surface area contributed by atoms with Crippen molar-refractivity contribution in [3.8, 4) is 0 Å². The fraction of sp³-hybridized carbons (Fsp3) is 0.412. The molecule has 0 saturated carbocycles. The number of hydrogen-bond donors (Lipinski definition) is 1. The van der Waals surface area contributed by atoms with E-state index in [2.05, 4.69) is 72.3 Å². The Bertz CT molecular complexity index is 568. The molecular weight excluding hydrogens is 260 g/mol. The van der Waals surface area contributed by atoms with Gasteiger partial charge in [-0.1, -0.05) is 25.1 Å². The average molecular weight is 284 g/mol. The molecule has 1 heterocycles. The second-order valence-corrected chi connectivity index (χ2v) is 5.35. The molecule has 1 N–H and O–H groups in total. The second kappa shape index (κ2) is 7.07. The first-order valence-corrected chi connectivity index (χ1v) is 7.46. The van der Waals surface area contributed by atoms with Crippen LogP contribution >= 0.6 is 0 Å². The van der Waals surface area contributed by atoms with E-state index >= 15 is 0 Å². The summed E-state index contributed by atoms with van der Waals surface area (Å²) in [6.07, 6.45) is 2.82. The van der Waals surface area contributed by atoms with E-state index in [1.807, 2.05) is 12.3 Å². The number of benzene rings is 1. The molecule has 0 amide bonds. The minimum absolute atomic E-state index is 0.349. The summed E-state index contributed by atoms with van der Waals surface area (Å²) in [6, 6.07) is 10.7. The standard InChI is InChI=1S/C17H24N4/c1-5-16-13(2)11-18-17(20-16)19-12-14(3)21(4)15-9-7-6-8-10-15/h6-11,14H,5,12H2,1-4H3,(H,18,19,20). The summed E-state index contributed by atoms with van der Waals surface area (Å²) in [5.74, 6) is 0.714. The molecule has 0 radical (unpaired) electrons. The summed E-state index contributed by atoms with van der Waals surface area (Å²) in [6.45, 7) is 7.16. The minimum atomic E-state index is 0.349. The van der Waals surface area contributed by atoms with E-state index in [0.29, 0.717) is 12.0 Å². The number of nitrogens with zero attached hydrogens (tertiary/aromatic N) is 3.